The lowest BCUT2D eigenvalue weighted by Gasteiger charge is -2.02. The van der Waals surface area contributed by atoms with Crippen molar-refractivity contribution in [2.75, 3.05) is 26.1 Å². The van der Waals surface area contributed by atoms with Gasteiger partial charge in [-0.3, -0.25) is 4.18 Å². The standard InChI is InChI=1S/C7H16O4S/c1-3-5-11-6-4-7-12(8,9)10-2/h3-7H2,1-2H3. The van der Waals surface area contributed by atoms with E-state index in [4.69, 9.17) is 4.74 Å². The van der Waals surface area contributed by atoms with Crippen LogP contribution in [0.15, 0.2) is 0 Å². The molecule has 0 saturated heterocycles. The van der Waals surface area contributed by atoms with E-state index in [0.717, 1.165) is 6.42 Å². The molecule has 0 aliphatic carbocycles. The van der Waals surface area contributed by atoms with Gasteiger partial charge < -0.3 is 4.74 Å². The first kappa shape index (κ1) is 11.9. The Labute approximate surface area is 74.0 Å². The minimum Gasteiger partial charge on any atom is -0.381 e. The summed E-state index contributed by atoms with van der Waals surface area (Å²) in [5.41, 5.74) is 0. The highest BCUT2D eigenvalue weighted by atomic mass is 32.2. The summed E-state index contributed by atoms with van der Waals surface area (Å²) < 4.78 is 30.9. The van der Waals surface area contributed by atoms with Crippen molar-refractivity contribution in [2.45, 2.75) is 19.8 Å². The molecule has 0 spiro atoms. The normalized spacial score (nSPS) is 11.8. The average Bonchev–Trinajstić information content (AvgIpc) is 2.04. The second-order valence-electron chi connectivity index (χ2n) is 2.39. The Morgan fingerprint density at radius 2 is 1.92 bits per heavy atom. The van der Waals surface area contributed by atoms with Crippen molar-refractivity contribution in [3.63, 3.8) is 0 Å². The third-order valence-corrected chi connectivity index (χ3v) is 2.58. The largest absolute Gasteiger partial charge is 0.381 e. The molecule has 0 N–H and O–H groups in total. The van der Waals surface area contributed by atoms with Crippen LogP contribution in [0.25, 0.3) is 0 Å². The number of rotatable bonds is 7. The Hall–Kier alpha value is -0.130. The minimum absolute atomic E-state index is 0.0349. The maximum Gasteiger partial charge on any atom is 0.267 e. The van der Waals surface area contributed by atoms with Crippen molar-refractivity contribution in [1.82, 2.24) is 0 Å². The van der Waals surface area contributed by atoms with Gasteiger partial charge in [0.1, 0.15) is 0 Å². The number of ether oxygens (including phenoxy) is 1. The molecule has 4 nitrogen and oxygen atoms in total. The molecule has 0 unspecified atom stereocenters. The zero-order valence-electron chi connectivity index (χ0n) is 7.58. The molecular weight excluding hydrogens is 180 g/mol. The van der Waals surface area contributed by atoms with E-state index in [2.05, 4.69) is 4.18 Å². The van der Waals surface area contributed by atoms with Gasteiger partial charge in [0.15, 0.2) is 0 Å². The Morgan fingerprint density at radius 1 is 1.25 bits per heavy atom. The highest BCUT2D eigenvalue weighted by Crippen LogP contribution is 1.94. The van der Waals surface area contributed by atoms with Gasteiger partial charge in [-0.25, -0.2) is 0 Å². The highest BCUT2D eigenvalue weighted by Gasteiger charge is 2.06. The summed E-state index contributed by atoms with van der Waals surface area (Å²) in [5.74, 6) is 0.0349. The fourth-order valence-electron chi connectivity index (χ4n) is 0.667. The predicted molar refractivity (Wildman–Crippen MR) is 46.5 cm³/mol. The summed E-state index contributed by atoms with van der Waals surface area (Å²) >= 11 is 0. The van der Waals surface area contributed by atoms with E-state index in [1.807, 2.05) is 6.92 Å². The monoisotopic (exact) mass is 196 g/mol. The molecule has 74 valence electrons. The topological polar surface area (TPSA) is 52.6 Å². The summed E-state index contributed by atoms with van der Waals surface area (Å²) in [6, 6.07) is 0. The summed E-state index contributed by atoms with van der Waals surface area (Å²) in [5, 5.41) is 0. The van der Waals surface area contributed by atoms with Crippen LogP contribution in [0.3, 0.4) is 0 Å². The zero-order chi connectivity index (χ0) is 9.45. The van der Waals surface area contributed by atoms with Crippen molar-refractivity contribution in [3.05, 3.63) is 0 Å². The maximum absolute atomic E-state index is 10.8. The van der Waals surface area contributed by atoms with Crippen LogP contribution in [0.1, 0.15) is 19.8 Å². The van der Waals surface area contributed by atoms with Gasteiger partial charge in [-0.05, 0) is 12.8 Å². The van der Waals surface area contributed by atoms with Gasteiger partial charge in [0.25, 0.3) is 10.1 Å². The quantitative estimate of drug-likeness (QED) is 0.446. The first-order valence-electron chi connectivity index (χ1n) is 3.98. The summed E-state index contributed by atoms with van der Waals surface area (Å²) in [6.07, 6.45) is 1.45. The van der Waals surface area contributed by atoms with E-state index in [9.17, 15) is 8.42 Å². The zero-order valence-corrected chi connectivity index (χ0v) is 8.39. The van der Waals surface area contributed by atoms with Crippen LogP contribution in [0.2, 0.25) is 0 Å². The van der Waals surface area contributed by atoms with Gasteiger partial charge in [0.05, 0.1) is 12.9 Å². The van der Waals surface area contributed by atoms with Crippen molar-refractivity contribution >= 4 is 10.1 Å². The van der Waals surface area contributed by atoms with Crippen molar-refractivity contribution in [1.29, 1.82) is 0 Å². The van der Waals surface area contributed by atoms with E-state index in [1.165, 1.54) is 7.11 Å². The predicted octanol–water partition coefficient (Wildman–Crippen LogP) is 0.779. The molecule has 0 atom stereocenters. The first-order chi connectivity index (χ1) is 5.62. The molecule has 0 aromatic rings. The van der Waals surface area contributed by atoms with Crippen LogP contribution in [-0.4, -0.2) is 34.5 Å². The fourth-order valence-corrected chi connectivity index (χ4v) is 1.31. The number of hydrogen-bond acceptors (Lipinski definition) is 4. The molecule has 0 aliphatic rings. The molecule has 12 heavy (non-hydrogen) atoms. The summed E-state index contributed by atoms with van der Waals surface area (Å²) in [4.78, 5) is 0. The summed E-state index contributed by atoms with van der Waals surface area (Å²) in [7, 11) is -2.12. The van der Waals surface area contributed by atoms with Crippen LogP contribution in [0, 0.1) is 0 Å². The van der Waals surface area contributed by atoms with Crippen LogP contribution < -0.4 is 0 Å². The Balaban J connectivity index is 3.32. The smallest absolute Gasteiger partial charge is 0.267 e. The van der Waals surface area contributed by atoms with Gasteiger partial charge in [-0.1, -0.05) is 6.92 Å². The Morgan fingerprint density at radius 3 is 2.42 bits per heavy atom. The van der Waals surface area contributed by atoms with Gasteiger partial charge in [-0.15, -0.1) is 0 Å². The van der Waals surface area contributed by atoms with E-state index in [-0.39, 0.29) is 5.75 Å². The van der Waals surface area contributed by atoms with E-state index < -0.39 is 10.1 Å². The van der Waals surface area contributed by atoms with Gasteiger partial charge in [0.2, 0.25) is 0 Å². The van der Waals surface area contributed by atoms with Gasteiger partial charge >= 0.3 is 0 Å². The van der Waals surface area contributed by atoms with Crippen molar-refractivity contribution in [2.24, 2.45) is 0 Å². The second kappa shape index (κ2) is 6.39. The van der Waals surface area contributed by atoms with E-state index in [1.54, 1.807) is 0 Å². The minimum atomic E-state index is -3.29. The van der Waals surface area contributed by atoms with Crippen LogP contribution >= 0.6 is 0 Å². The molecule has 0 heterocycles. The molecule has 0 fully saturated rings. The lowest BCUT2D eigenvalue weighted by molar-refractivity contribution is 0.135. The third kappa shape index (κ3) is 6.57. The molecule has 0 saturated carbocycles. The van der Waals surface area contributed by atoms with Crippen LogP contribution in [0.5, 0.6) is 0 Å². The Bertz CT molecular complexity index is 186. The number of hydrogen-bond donors (Lipinski definition) is 0. The van der Waals surface area contributed by atoms with Crippen LogP contribution in [0.4, 0.5) is 0 Å². The molecule has 0 aromatic carbocycles. The van der Waals surface area contributed by atoms with Crippen molar-refractivity contribution in [3.8, 4) is 0 Å². The fraction of sp³-hybridized carbons (Fsp3) is 1.00. The van der Waals surface area contributed by atoms with Crippen LogP contribution in [-0.2, 0) is 19.0 Å². The average molecular weight is 196 g/mol. The SMILES string of the molecule is CCCOCCCS(=O)(=O)OC. The molecular formula is C7H16O4S. The van der Waals surface area contributed by atoms with Gasteiger partial charge in [-0.2, -0.15) is 8.42 Å². The second-order valence-corrected chi connectivity index (χ2v) is 4.25. The molecule has 0 aliphatic heterocycles. The third-order valence-electron chi connectivity index (χ3n) is 1.29. The maximum atomic E-state index is 10.8. The Kier molecular flexibility index (Phi) is 6.32. The highest BCUT2D eigenvalue weighted by molar-refractivity contribution is 7.86. The molecule has 5 heteroatoms. The molecule has 0 amide bonds. The van der Waals surface area contributed by atoms with Gasteiger partial charge in [0, 0.05) is 13.2 Å². The molecule has 0 rings (SSSR count). The molecule has 0 aromatic heterocycles. The molecule has 0 radical (unpaired) electrons. The van der Waals surface area contributed by atoms with Crippen molar-refractivity contribution < 1.29 is 17.3 Å². The lowest BCUT2D eigenvalue weighted by Crippen LogP contribution is -2.10. The van der Waals surface area contributed by atoms with E-state index >= 15 is 0 Å². The van der Waals surface area contributed by atoms with E-state index in [0.29, 0.717) is 19.6 Å². The molecule has 0 bridgehead atoms. The first-order valence-corrected chi connectivity index (χ1v) is 5.56. The lowest BCUT2D eigenvalue weighted by atomic mass is 10.5. The summed E-state index contributed by atoms with van der Waals surface area (Å²) in [6.45, 7) is 3.18.